The molecule has 1 atom stereocenters. The molecular formula is C19H30ClN5O3. The van der Waals surface area contributed by atoms with Gasteiger partial charge in [-0.05, 0) is 57.0 Å². The van der Waals surface area contributed by atoms with Crippen molar-refractivity contribution < 1.29 is 14.6 Å². The molecule has 0 saturated heterocycles. The Morgan fingerprint density at radius 1 is 1.11 bits per heavy atom. The van der Waals surface area contributed by atoms with Crippen molar-refractivity contribution in [2.45, 2.75) is 39.3 Å². The van der Waals surface area contributed by atoms with Crippen LogP contribution in [0, 0.1) is 13.8 Å². The number of aromatic nitrogens is 2. The van der Waals surface area contributed by atoms with Crippen LogP contribution >= 0.6 is 12.4 Å². The molecule has 1 aromatic heterocycles. The van der Waals surface area contributed by atoms with E-state index in [9.17, 15) is 5.11 Å². The number of ether oxygens (including phenoxy) is 2. The van der Waals surface area contributed by atoms with E-state index in [2.05, 4.69) is 27.0 Å². The first kappa shape index (κ1) is 23.9. The predicted molar refractivity (Wildman–Crippen MR) is 112 cm³/mol. The van der Waals surface area contributed by atoms with E-state index in [0.717, 1.165) is 16.9 Å². The Hall–Kier alpha value is -2.13. The van der Waals surface area contributed by atoms with E-state index >= 15 is 0 Å². The van der Waals surface area contributed by atoms with Crippen molar-refractivity contribution in [3.05, 3.63) is 41.5 Å². The van der Waals surface area contributed by atoms with Crippen molar-refractivity contribution >= 4 is 18.2 Å². The van der Waals surface area contributed by atoms with Gasteiger partial charge in [0.1, 0.15) is 25.1 Å². The quantitative estimate of drug-likeness (QED) is 0.346. The summed E-state index contributed by atoms with van der Waals surface area (Å²) in [5.74, 6) is 6.89. The van der Waals surface area contributed by atoms with Gasteiger partial charge in [0, 0.05) is 18.2 Å². The van der Waals surface area contributed by atoms with E-state index in [1.165, 1.54) is 0 Å². The summed E-state index contributed by atoms with van der Waals surface area (Å²) in [7, 11) is 0. The number of benzene rings is 1. The maximum Gasteiger partial charge on any atom is 0.233 e. The summed E-state index contributed by atoms with van der Waals surface area (Å²) in [4.78, 5) is 0. The first-order chi connectivity index (χ1) is 12.8. The van der Waals surface area contributed by atoms with Gasteiger partial charge in [-0.2, -0.15) is 0 Å². The number of nitrogens with one attached hydrogen (secondary N) is 2. The third-order valence-corrected chi connectivity index (χ3v) is 3.82. The van der Waals surface area contributed by atoms with Crippen molar-refractivity contribution in [2.75, 3.05) is 25.2 Å². The van der Waals surface area contributed by atoms with Gasteiger partial charge in [0.15, 0.2) is 5.82 Å². The van der Waals surface area contributed by atoms with E-state index in [4.69, 9.17) is 15.3 Å². The Balaban J connectivity index is 0.00000392. The van der Waals surface area contributed by atoms with Crippen molar-refractivity contribution in [3.8, 4) is 11.6 Å². The number of β-amino-alcohol motifs (C(OH)–C–C–N with tert-alkyl or cyclic N) is 1. The van der Waals surface area contributed by atoms with Gasteiger partial charge in [0.05, 0.1) is 0 Å². The summed E-state index contributed by atoms with van der Waals surface area (Å²) in [6.07, 6.45) is -0.639. The summed E-state index contributed by atoms with van der Waals surface area (Å²) < 4.78 is 11.3. The van der Waals surface area contributed by atoms with Gasteiger partial charge in [-0.25, -0.2) is 5.84 Å². The van der Waals surface area contributed by atoms with Crippen LogP contribution < -0.4 is 26.1 Å². The minimum Gasteiger partial charge on any atom is -0.491 e. The molecule has 0 aliphatic rings. The van der Waals surface area contributed by atoms with Crippen LogP contribution in [0.4, 0.5) is 5.82 Å². The summed E-state index contributed by atoms with van der Waals surface area (Å²) >= 11 is 0. The molecule has 0 amide bonds. The second-order valence-corrected chi connectivity index (χ2v) is 7.24. The molecule has 0 spiro atoms. The molecule has 2 rings (SSSR count). The third kappa shape index (κ3) is 8.26. The number of aryl methyl sites for hydroxylation is 2. The second kappa shape index (κ2) is 11.0. The minimum atomic E-state index is -0.639. The van der Waals surface area contributed by atoms with Crippen LogP contribution in [-0.4, -0.2) is 46.7 Å². The number of hydrogen-bond donors (Lipinski definition) is 4. The highest BCUT2D eigenvalue weighted by atomic mass is 35.5. The van der Waals surface area contributed by atoms with Gasteiger partial charge in [0.2, 0.25) is 5.88 Å². The molecule has 2 aromatic rings. The Labute approximate surface area is 172 Å². The number of hydrazine groups is 1. The highest BCUT2D eigenvalue weighted by molar-refractivity contribution is 5.85. The number of halogens is 1. The molecule has 9 heteroatoms. The number of aliphatic hydroxyl groups excluding tert-OH is 1. The van der Waals surface area contributed by atoms with E-state index in [1.807, 2.05) is 39.8 Å². The van der Waals surface area contributed by atoms with E-state index in [1.54, 1.807) is 12.1 Å². The highest BCUT2D eigenvalue weighted by Crippen LogP contribution is 2.16. The van der Waals surface area contributed by atoms with Crippen molar-refractivity contribution in [1.82, 2.24) is 15.5 Å². The van der Waals surface area contributed by atoms with Crippen LogP contribution in [0.25, 0.3) is 0 Å². The Bertz CT molecular complexity index is 708. The molecule has 28 heavy (non-hydrogen) atoms. The molecular weight excluding hydrogens is 382 g/mol. The van der Waals surface area contributed by atoms with Gasteiger partial charge in [0.25, 0.3) is 0 Å². The van der Waals surface area contributed by atoms with Gasteiger partial charge in [-0.1, -0.05) is 6.07 Å². The number of aliphatic hydroxyl groups is 1. The largest absolute Gasteiger partial charge is 0.491 e. The Morgan fingerprint density at radius 2 is 1.79 bits per heavy atom. The zero-order chi connectivity index (χ0) is 19.9. The third-order valence-electron chi connectivity index (χ3n) is 3.82. The molecule has 0 aliphatic carbocycles. The lowest BCUT2D eigenvalue weighted by molar-refractivity contribution is 0.0922. The molecule has 1 unspecified atom stereocenters. The molecule has 1 heterocycles. The van der Waals surface area contributed by atoms with Crippen LogP contribution in [0.1, 0.15) is 25.0 Å². The molecule has 0 aliphatic heterocycles. The second-order valence-electron chi connectivity index (χ2n) is 7.24. The topological polar surface area (TPSA) is 115 Å². The molecule has 0 radical (unpaired) electrons. The lowest BCUT2D eigenvalue weighted by Crippen LogP contribution is -2.48. The van der Waals surface area contributed by atoms with Crippen LogP contribution in [-0.2, 0) is 0 Å². The standard InChI is InChI=1S/C19H29N5O3.ClH/c1-13-7-14(2)9-16(8-13)26-11-15(25)10-21-19(3,4)12-27-18-6-5-17(22-20)23-24-18;/h5-9,15,21,25H,10-12,20H2,1-4H3,(H,22,23);1H. The van der Waals surface area contributed by atoms with Gasteiger partial charge in [-0.15, -0.1) is 22.6 Å². The summed E-state index contributed by atoms with van der Waals surface area (Å²) in [6.45, 7) is 8.95. The summed E-state index contributed by atoms with van der Waals surface area (Å²) in [5, 5.41) is 21.2. The Kier molecular flexibility index (Phi) is 9.40. The smallest absolute Gasteiger partial charge is 0.233 e. The fourth-order valence-electron chi connectivity index (χ4n) is 2.44. The number of hydrogen-bond acceptors (Lipinski definition) is 8. The zero-order valence-corrected chi connectivity index (χ0v) is 17.5. The summed E-state index contributed by atoms with van der Waals surface area (Å²) in [5.41, 5.74) is 4.31. The maximum absolute atomic E-state index is 10.2. The first-order valence-electron chi connectivity index (χ1n) is 8.85. The Morgan fingerprint density at radius 3 is 2.36 bits per heavy atom. The maximum atomic E-state index is 10.2. The van der Waals surface area contributed by atoms with E-state index in [0.29, 0.717) is 24.8 Å². The lowest BCUT2D eigenvalue weighted by atomic mass is 10.1. The minimum absolute atomic E-state index is 0. The predicted octanol–water partition coefficient (Wildman–Crippen LogP) is 1.99. The van der Waals surface area contributed by atoms with Gasteiger partial charge < -0.3 is 25.3 Å². The fraction of sp³-hybridized carbons (Fsp3) is 0.474. The van der Waals surface area contributed by atoms with Crippen LogP contribution in [0.15, 0.2) is 30.3 Å². The molecule has 156 valence electrons. The van der Waals surface area contributed by atoms with Gasteiger partial charge in [-0.3, -0.25) is 0 Å². The average Bonchev–Trinajstić information content (AvgIpc) is 2.63. The van der Waals surface area contributed by atoms with Crippen LogP contribution in [0.3, 0.4) is 0 Å². The van der Waals surface area contributed by atoms with Crippen molar-refractivity contribution in [2.24, 2.45) is 5.84 Å². The first-order valence-corrected chi connectivity index (χ1v) is 8.85. The van der Waals surface area contributed by atoms with Gasteiger partial charge >= 0.3 is 0 Å². The fourth-order valence-corrected chi connectivity index (χ4v) is 2.44. The zero-order valence-electron chi connectivity index (χ0n) is 16.7. The molecule has 0 saturated carbocycles. The molecule has 0 bridgehead atoms. The normalized spacial score (nSPS) is 12.1. The number of anilines is 1. The molecule has 0 fully saturated rings. The molecule has 1 aromatic carbocycles. The van der Waals surface area contributed by atoms with E-state index < -0.39 is 6.10 Å². The van der Waals surface area contributed by atoms with E-state index in [-0.39, 0.29) is 24.6 Å². The number of nitrogens with two attached hydrogens (primary N) is 1. The molecule has 8 nitrogen and oxygen atoms in total. The van der Waals surface area contributed by atoms with Crippen LogP contribution in [0.2, 0.25) is 0 Å². The number of nitrogens with zero attached hydrogens (tertiary/aromatic N) is 2. The average molecular weight is 412 g/mol. The monoisotopic (exact) mass is 411 g/mol. The highest BCUT2D eigenvalue weighted by Gasteiger charge is 2.20. The lowest BCUT2D eigenvalue weighted by Gasteiger charge is -2.27. The SMILES string of the molecule is Cc1cc(C)cc(OCC(O)CNC(C)(C)COc2ccc(NN)nn2)c1.Cl. The van der Waals surface area contributed by atoms with Crippen molar-refractivity contribution in [3.63, 3.8) is 0 Å². The summed E-state index contributed by atoms with van der Waals surface area (Å²) in [6, 6.07) is 9.36. The van der Waals surface area contributed by atoms with Crippen LogP contribution in [0.5, 0.6) is 11.6 Å². The number of rotatable bonds is 10. The van der Waals surface area contributed by atoms with Crippen molar-refractivity contribution in [1.29, 1.82) is 0 Å². The molecule has 5 N–H and O–H groups in total. The number of nitrogen functional groups attached to an aromatic ring is 1.